The van der Waals surface area contributed by atoms with Crippen molar-refractivity contribution in [3.8, 4) is 0 Å². The van der Waals surface area contributed by atoms with E-state index in [-0.39, 0.29) is 31.2 Å². The number of methoxy groups -OCH3 is 1. The highest BCUT2D eigenvalue weighted by Gasteiger charge is 2.42. The van der Waals surface area contributed by atoms with E-state index in [0.717, 1.165) is 7.11 Å². The summed E-state index contributed by atoms with van der Waals surface area (Å²) in [6, 6.07) is 0. The summed E-state index contributed by atoms with van der Waals surface area (Å²) in [6.07, 6.45) is 0. The standard InChI is InChI=1S/C11H5Cl4NO4/c1-20-3(17)2-16-10(18)4-5(11(16)19)7(13)9(15)8(14)6(4)12/h2H2,1H3. The number of hydrogen-bond acceptors (Lipinski definition) is 4. The Balaban J connectivity index is 2.60. The van der Waals surface area contributed by atoms with Crippen LogP contribution in [0, 0.1) is 0 Å². The zero-order valence-corrected chi connectivity index (χ0v) is 12.8. The Morgan fingerprint density at radius 1 is 0.950 bits per heavy atom. The first-order chi connectivity index (χ1) is 9.31. The normalized spacial score (nSPS) is 13.8. The second-order valence-electron chi connectivity index (χ2n) is 3.78. The number of carbonyl (C=O) groups excluding carboxylic acids is 3. The van der Waals surface area contributed by atoms with E-state index in [1.807, 2.05) is 0 Å². The van der Waals surface area contributed by atoms with Gasteiger partial charge in [-0.1, -0.05) is 46.4 Å². The molecule has 1 aliphatic heterocycles. The number of esters is 1. The summed E-state index contributed by atoms with van der Waals surface area (Å²) in [5.41, 5.74) is -0.333. The highest BCUT2D eigenvalue weighted by Crippen LogP contribution is 2.44. The molecule has 0 bridgehead atoms. The largest absolute Gasteiger partial charge is 0.468 e. The lowest BCUT2D eigenvalue weighted by atomic mass is 10.1. The molecule has 0 N–H and O–H groups in total. The topological polar surface area (TPSA) is 63.7 Å². The van der Waals surface area contributed by atoms with Crippen LogP contribution in [0.4, 0.5) is 0 Å². The van der Waals surface area contributed by atoms with Gasteiger partial charge in [0.25, 0.3) is 11.8 Å². The third-order valence-corrected chi connectivity index (χ3v) is 4.50. The average Bonchev–Trinajstić information content (AvgIpc) is 2.67. The Labute approximate surface area is 133 Å². The van der Waals surface area contributed by atoms with Crippen molar-refractivity contribution in [1.29, 1.82) is 0 Å². The number of halogens is 4. The average molecular weight is 357 g/mol. The van der Waals surface area contributed by atoms with Gasteiger partial charge in [0.05, 0.1) is 38.3 Å². The second-order valence-corrected chi connectivity index (χ2v) is 5.29. The fourth-order valence-electron chi connectivity index (χ4n) is 1.73. The molecule has 0 atom stereocenters. The van der Waals surface area contributed by atoms with E-state index in [4.69, 9.17) is 46.4 Å². The fraction of sp³-hybridized carbons (Fsp3) is 0.182. The van der Waals surface area contributed by atoms with Crippen LogP contribution in [0.15, 0.2) is 0 Å². The van der Waals surface area contributed by atoms with Crippen molar-refractivity contribution >= 4 is 64.2 Å². The van der Waals surface area contributed by atoms with Crippen molar-refractivity contribution in [2.75, 3.05) is 13.7 Å². The summed E-state index contributed by atoms with van der Waals surface area (Å²) in [4.78, 5) is 36.2. The van der Waals surface area contributed by atoms with Gasteiger partial charge < -0.3 is 4.74 Å². The van der Waals surface area contributed by atoms with Crippen molar-refractivity contribution in [3.05, 3.63) is 31.2 Å². The second kappa shape index (κ2) is 5.41. The molecule has 106 valence electrons. The SMILES string of the molecule is COC(=O)CN1C(=O)c2c(Cl)c(Cl)c(Cl)c(Cl)c2C1=O. The maximum Gasteiger partial charge on any atom is 0.325 e. The van der Waals surface area contributed by atoms with Gasteiger partial charge >= 0.3 is 5.97 Å². The minimum atomic E-state index is -0.777. The van der Waals surface area contributed by atoms with E-state index in [0.29, 0.717) is 4.90 Å². The Hall–Kier alpha value is -1.01. The summed E-state index contributed by atoms with van der Waals surface area (Å²) in [5.74, 6) is -2.31. The molecule has 9 heteroatoms. The smallest absolute Gasteiger partial charge is 0.325 e. The summed E-state index contributed by atoms with van der Waals surface area (Å²) in [7, 11) is 1.13. The van der Waals surface area contributed by atoms with Crippen LogP contribution in [0.3, 0.4) is 0 Å². The first kappa shape index (κ1) is 15.4. The highest BCUT2D eigenvalue weighted by atomic mass is 35.5. The van der Waals surface area contributed by atoms with Gasteiger partial charge in [-0.3, -0.25) is 19.3 Å². The molecular weight excluding hydrogens is 352 g/mol. The molecule has 0 spiro atoms. The van der Waals surface area contributed by atoms with Crippen LogP contribution < -0.4 is 0 Å². The number of nitrogens with zero attached hydrogens (tertiary/aromatic N) is 1. The number of hydrogen-bond donors (Lipinski definition) is 0. The summed E-state index contributed by atoms with van der Waals surface area (Å²) >= 11 is 23.5. The summed E-state index contributed by atoms with van der Waals surface area (Å²) in [6.45, 7) is -0.551. The number of fused-ring (bicyclic) bond motifs is 1. The third kappa shape index (κ3) is 2.15. The van der Waals surface area contributed by atoms with Crippen molar-refractivity contribution in [2.45, 2.75) is 0 Å². The molecule has 0 saturated carbocycles. The van der Waals surface area contributed by atoms with Gasteiger partial charge in [-0.05, 0) is 0 Å². The zero-order chi connectivity index (χ0) is 15.2. The maximum atomic E-state index is 12.1. The minimum absolute atomic E-state index is 0.127. The van der Waals surface area contributed by atoms with Crippen LogP contribution >= 0.6 is 46.4 Å². The fourth-order valence-corrected chi connectivity index (χ4v) is 2.75. The van der Waals surface area contributed by atoms with Gasteiger partial charge in [0.2, 0.25) is 0 Å². The lowest BCUT2D eigenvalue weighted by Gasteiger charge is -2.11. The van der Waals surface area contributed by atoms with E-state index >= 15 is 0 Å². The Morgan fingerprint density at radius 3 is 1.70 bits per heavy atom. The van der Waals surface area contributed by atoms with Crippen LogP contribution in [-0.4, -0.2) is 36.3 Å². The predicted octanol–water partition coefficient (Wildman–Crippen LogP) is 3.07. The van der Waals surface area contributed by atoms with Crippen LogP contribution in [-0.2, 0) is 9.53 Å². The lowest BCUT2D eigenvalue weighted by Crippen LogP contribution is -2.35. The molecule has 1 aromatic rings. The van der Waals surface area contributed by atoms with E-state index in [1.165, 1.54) is 0 Å². The van der Waals surface area contributed by atoms with Crippen LogP contribution in [0.5, 0.6) is 0 Å². The molecule has 2 rings (SSSR count). The zero-order valence-electron chi connectivity index (χ0n) is 9.80. The monoisotopic (exact) mass is 355 g/mol. The molecule has 2 amide bonds. The van der Waals surface area contributed by atoms with Crippen molar-refractivity contribution in [3.63, 3.8) is 0 Å². The summed E-state index contributed by atoms with van der Waals surface area (Å²) in [5, 5.41) is -0.611. The van der Waals surface area contributed by atoms with Crippen LogP contribution in [0.2, 0.25) is 20.1 Å². The molecule has 0 saturated heterocycles. The minimum Gasteiger partial charge on any atom is -0.468 e. The number of ether oxygens (including phenoxy) is 1. The number of imide groups is 1. The van der Waals surface area contributed by atoms with Gasteiger partial charge in [0.1, 0.15) is 6.54 Å². The van der Waals surface area contributed by atoms with E-state index in [2.05, 4.69) is 4.74 Å². The molecule has 0 aromatic heterocycles. The Bertz CT molecular complexity index is 612. The van der Waals surface area contributed by atoms with Crippen LogP contribution in [0.1, 0.15) is 20.7 Å². The van der Waals surface area contributed by atoms with Gasteiger partial charge in [-0.25, -0.2) is 0 Å². The van der Waals surface area contributed by atoms with Gasteiger partial charge in [0.15, 0.2) is 0 Å². The van der Waals surface area contributed by atoms with Gasteiger partial charge in [0, 0.05) is 0 Å². The molecule has 0 unspecified atom stereocenters. The first-order valence-electron chi connectivity index (χ1n) is 5.10. The molecule has 5 nitrogen and oxygen atoms in total. The molecule has 0 fully saturated rings. The summed E-state index contributed by atoms with van der Waals surface area (Å²) < 4.78 is 4.41. The van der Waals surface area contributed by atoms with Crippen molar-refractivity contribution < 1.29 is 19.1 Å². The van der Waals surface area contributed by atoms with Gasteiger partial charge in [-0.15, -0.1) is 0 Å². The Kier molecular flexibility index (Phi) is 4.16. The molecule has 20 heavy (non-hydrogen) atoms. The van der Waals surface area contributed by atoms with Crippen molar-refractivity contribution in [1.82, 2.24) is 4.90 Å². The highest BCUT2D eigenvalue weighted by molar-refractivity contribution is 6.55. The maximum absolute atomic E-state index is 12.1. The third-order valence-electron chi connectivity index (χ3n) is 2.70. The number of carbonyl (C=O) groups is 3. The molecule has 0 radical (unpaired) electrons. The molecular formula is C11H5Cl4NO4. The van der Waals surface area contributed by atoms with E-state index < -0.39 is 24.3 Å². The number of amides is 2. The number of rotatable bonds is 2. The molecule has 1 heterocycles. The molecule has 0 aliphatic carbocycles. The lowest BCUT2D eigenvalue weighted by molar-refractivity contribution is -0.140. The van der Waals surface area contributed by atoms with E-state index in [9.17, 15) is 14.4 Å². The number of benzene rings is 1. The van der Waals surface area contributed by atoms with Crippen molar-refractivity contribution in [2.24, 2.45) is 0 Å². The molecule has 1 aromatic carbocycles. The van der Waals surface area contributed by atoms with E-state index in [1.54, 1.807) is 0 Å². The predicted molar refractivity (Wildman–Crippen MR) is 73.9 cm³/mol. The van der Waals surface area contributed by atoms with Gasteiger partial charge in [-0.2, -0.15) is 0 Å². The Morgan fingerprint density at radius 2 is 1.35 bits per heavy atom. The van der Waals surface area contributed by atoms with Crippen LogP contribution in [0.25, 0.3) is 0 Å². The first-order valence-corrected chi connectivity index (χ1v) is 6.61. The molecule has 1 aliphatic rings. The quantitative estimate of drug-likeness (QED) is 0.353.